The minimum Gasteiger partial charge on any atom is -0.492 e. The second-order valence-electron chi connectivity index (χ2n) is 8.78. The highest BCUT2D eigenvalue weighted by molar-refractivity contribution is 6.06. The Morgan fingerprint density at radius 2 is 1.61 bits per heavy atom. The molecule has 1 aromatic heterocycles. The lowest BCUT2D eigenvalue weighted by Gasteiger charge is -2.15. The number of hydrogen-bond acceptors (Lipinski definition) is 7. The lowest BCUT2D eigenvalue weighted by Crippen LogP contribution is -2.30. The van der Waals surface area contributed by atoms with Gasteiger partial charge in [-0.25, -0.2) is 9.97 Å². The Bertz CT molecular complexity index is 1260. The van der Waals surface area contributed by atoms with E-state index >= 15 is 0 Å². The third-order valence-electron chi connectivity index (χ3n) is 5.89. The number of hydrogen-bond donors (Lipinski definition) is 3. The first-order valence-corrected chi connectivity index (χ1v) is 12.0. The van der Waals surface area contributed by atoms with E-state index in [0.717, 1.165) is 31.1 Å². The SMILES string of the molecule is Cc1ccc(NC(=O)C(F)(F)F)cc1C(=O)Nc1cnc(Nc2ccc(OCCN3CCCC3)cc2)nc1. The Morgan fingerprint density at radius 3 is 2.26 bits per heavy atom. The van der Waals surface area contributed by atoms with Crippen molar-refractivity contribution in [3.63, 3.8) is 0 Å². The number of aromatic nitrogens is 2. The fraction of sp³-hybridized carbons (Fsp3) is 0.308. The Balaban J connectivity index is 1.30. The third-order valence-corrected chi connectivity index (χ3v) is 5.89. The molecule has 200 valence electrons. The minimum atomic E-state index is -5.04. The molecular weight excluding hydrogens is 501 g/mol. The molecule has 38 heavy (non-hydrogen) atoms. The van der Waals surface area contributed by atoms with Crippen molar-refractivity contribution in [2.24, 2.45) is 0 Å². The van der Waals surface area contributed by atoms with E-state index in [9.17, 15) is 22.8 Å². The standard InChI is InChI=1S/C26H27F3N6O3/c1-17-4-5-19(33-24(37)26(27,28)29)14-22(17)23(36)32-20-15-30-25(31-16-20)34-18-6-8-21(9-7-18)38-13-12-35-10-2-3-11-35/h4-9,14-16H,2-3,10-13H2,1H3,(H,32,36)(H,33,37)(H,30,31,34). The number of amides is 2. The molecular formula is C26H27F3N6O3. The third kappa shape index (κ3) is 7.42. The van der Waals surface area contributed by atoms with Crippen LogP contribution in [0, 0.1) is 6.92 Å². The van der Waals surface area contributed by atoms with Crippen molar-refractivity contribution < 1.29 is 27.5 Å². The van der Waals surface area contributed by atoms with E-state index in [1.807, 2.05) is 24.3 Å². The van der Waals surface area contributed by atoms with Gasteiger partial charge in [0.25, 0.3) is 5.91 Å². The first-order chi connectivity index (χ1) is 18.2. The fourth-order valence-electron chi connectivity index (χ4n) is 3.86. The van der Waals surface area contributed by atoms with Crippen LogP contribution in [0.5, 0.6) is 5.75 Å². The van der Waals surface area contributed by atoms with Crippen LogP contribution in [0.15, 0.2) is 54.9 Å². The van der Waals surface area contributed by atoms with E-state index < -0.39 is 18.0 Å². The van der Waals surface area contributed by atoms with Gasteiger partial charge in [0, 0.05) is 23.5 Å². The summed E-state index contributed by atoms with van der Waals surface area (Å²) in [5.74, 6) is -1.64. The van der Waals surface area contributed by atoms with Crippen LogP contribution in [0.4, 0.5) is 36.2 Å². The van der Waals surface area contributed by atoms with E-state index in [0.29, 0.717) is 18.1 Å². The van der Waals surface area contributed by atoms with Crippen LogP contribution in [0.3, 0.4) is 0 Å². The highest BCUT2D eigenvalue weighted by atomic mass is 19.4. The van der Waals surface area contributed by atoms with Crippen molar-refractivity contribution in [3.05, 3.63) is 66.0 Å². The number of nitrogens with one attached hydrogen (secondary N) is 3. The molecule has 1 aliphatic heterocycles. The van der Waals surface area contributed by atoms with Crippen LogP contribution >= 0.6 is 0 Å². The Morgan fingerprint density at radius 1 is 0.947 bits per heavy atom. The molecule has 0 unspecified atom stereocenters. The van der Waals surface area contributed by atoms with E-state index in [-0.39, 0.29) is 16.9 Å². The molecule has 12 heteroatoms. The van der Waals surface area contributed by atoms with Gasteiger partial charge < -0.3 is 20.7 Å². The number of likely N-dealkylation sites (tertiary alicyclic amines) is 1. The van der Waals surface area contributed by atoms with E-state index in [4.69, 9.17) is 4.74 Å². The first kappa shape index (κ1) is 26.9. The predicted octanol–water partition coefficient (Wildman–Crippen LogP) is 4.76. The number of anilines is 4. The quantitative estimate of drug-likeness (QED) is 0.368. The number of carbonyl (C=O) groups is 2. The minimum absolute atomic E-state index is 0.0925. The summed E-state index contributed by atoms with van der Waals surface area (Å²) < 4.78 is 43.4. The number of halogens is 3. The molecule has 2 amide bonds. The van der Waals surface area contributed by atoms with Gasteiger partial charge in [-0.2, -0.15) is 13.2 Å². The molecule has 1 fully saturated rings. The molecule has 0 saturated carbocycles. The number of ether oxygens (including phenoxy) is 1. The Labute approximate surface area is 217 Å². The van der Waals surface area contributed by atoms with Gasteiger partial charge in [-0.1, -0.05) is 6.07 Å². The van der Waals surface area contributed by atoms with Crippen LogP contribution in [-0.2, 0) is 4.79 Å². The van der Waals surface area contributed by atoms with Crippen LogP contribution < -0.4 is 20.7 Å². The van der Waals surface area contributed by atoms with Gasteiger partial charge in [0.1, 0.15) is 12.4 Å². The summed E-state index contributed by atoms with van der Waals surface area (Å²) in [5.41, 5.74) is 1.49. The maximum Gasteiger partial charge on any atom is 0.471 e. The van der Waals surface area contributed by atoms with Crippen LogP contribution in [0.1, 0.15) is 28.8 Å². The van der Waals surface area contributed by atoms with E-state index in [2.05, 4.69) is 25.5 Å². The molecule has 1 aliphatic rings. The molecule has 4 rings (SSSR count). The van der Waals surface area contributed by atoms with Crippen molar-refractivity contribution in [3.8, 4) is 5.75 Å². The maximum atomic E-state index is 12.7. The van der Waals surface area contributed by atoms with Crippen LogP contribution in [0.2, 0.25) is 0 Å². The monoisotopic (exact) mass is 528 g/mol. The molecule has 2 heterocycles. The summed E-state index contributed by atoms with van der Waals surface area (Å²) >= 11 is 0. The van der Waals surface area contributed by atoms with Crippen molar-refractivity contribution >= 4 is 34.8 Å². The number of aryl methyl sites for hydroxylation is 1. The molecule has 9 nitrogen and oxygen atoms in total. The number of carbonyl (C=O) groups excluding carboxylic acids is 2. The summed E-state index contributed by atoms with van der Waals surface area (Å²) in [4.78, 5) is 34.6. The lowest BCUT2D eigenvalue weighted by atomic mass is 10.1. The zero-order valence-corrected chi connectivity index (χ0v) is 20.6. The van der Waals surface area contributed by atoms with E-state index in [1.165, 1.54) is 43.4 Å². The zero-order valence-electron chi connectivity index (χ0n) is 20.6. The van der Waals surface area contributed by atoms with Gasteiger partial charge in [0.05, 0.1) is 18.1 Å². The number of nitrogens with zero attached hydrogens (tertiary/aromatic N) is 3. The highest BCUT2D eigenvalue weighted by Gasteiger charge is 2.38. The highest BCUT2D eigenvalue weighted by Crippen LogP contribution is 2.22. The zero-order chi connectivity index (χ0) is 27.1. The average Bonchev–Trinajstić information content (AvgIpc) is 3.40. The van der Waals surface area contributed by atoms with Gasteiger partial charge in [0.15, 0.2) is 0 Å². The van der Waals surface area contributed by atoms with Gasteiger partial charge in [-0.3, -0.25) is 14.5 Å². The molecule has 0 radical (unpaired) electrons. The summed E-state index contributed by atoms with van der Waals surface area (Å²) in [5, 5.41) is 7.40. The summed E-state index contributed by atoms with van der Waals surface area (Å²) in [7, 11) is 0. The lowest BCUT2D eigenvalue weighted by molar-refractivity contribution is -0.167. The van der Waals surface area contributed by atoms with Crippen molar-refractivity contribution in [1.29, 1.82) is 0 Å². The second-order valence-corrected chi connectivity index (χ2v) is 8.78. The molecule has 0 bridgehead atoms. The van der Waals surface area contributed by atoms with Gasteiger partial charge in [-0.05, 0) is 74.8 Å². The summed E-state index contributed by atoms with van der Waals surface area (Å²) in [6.45, 7) is 5.43. The van der Waals surface area contributed by atoms with Gasteiger partial charge in [0.2, 0.25) is 5.95 Å². The normalized spacial score (nSPS) is 13.7. The predicted molar refractivity (Wildman–Crippen MR) is 137 cm³/mol. The smallest absolute Gasteiger partial charge is 0.471 e. The molecule has 0 aliphatic carbocycles. The maximum absolute atomic E-state index is 12.7. The molecule has 0 spiro atoms. The van der Waals surface area contributed by atoms with Crippen LogP contribution in [0.25, 0.3) is 0 Å². The molecule has 3 N–H and O–H groups in total. The fourth-order valence-corrected chi connectivity index (χ4v) is 3.86. The summed E-state index contributed by atoms with van der Waals surface area (Å²) in [6, 6.07) is 11.3. The topological polar surface area (TPSA) is 108 Å². The van der Waals surface area contributed by atoms with E-state index in [1.54, 1.807) is 12.2 Å². The number of rotatable bonds is 9. The van der Waals surface area contributed by atoms with Crippen molar-refractivity contribution in [1.82, 2.24) is 14.9 Å². The summed E-state index contributed by atoms with van der Waals surface area (Å²) in [6.07, 6.45) is 0.252. The van der Waals surface area contributed by atoms with Crippen molar-refractivity contribution in [2.75, 3.05) is 42.2 Å². The van der Waals surface area contributed by atoms with Gasteiger partial charge >= 0.3 is 12.1 Å². The van der Waals surface area contributed by atoms with Gasteiger partial charge in [-0.15, -0.1) is 0 Å². The first-order valence-electron chi connectivity index (χ1n) is 12.0. The molecule has 2 aromatic carbocycles. The van der Waals surface area contributed by atoms with Crippen LogP contribution in [-0.4, -0.2) is 59.1 Å². The largest absolute Gasteiger partial charge is 0.492 e. The number of alkyl halides is 3. The number of benzene rings is 2. The molecule has 1 saturated heterocycles. The Hall–Kier alpha value is -4.19. The molecule has 3 aromatic rings. The van der Waals surface area contributed by atoms with Crippen molar-refractivity contribution in [2.45, 2.75) is 25.9 Å². The molecule has 0 atom stereocenters. The second kappa shape index (κ2) is 11.9. The average molecular weight is 529 g/mol. The Kier molecular flexibility index (Phi) is 8.41.